The molecule has 1 heteroatoms. The summed E-state index contributed by atoms with van der Waals surface area (Å²) in [6.07, 6.45) is 22.3. The number of benzene rings is 1. The lowest BCUT2D eigenvalue weighted by Gasteiger charge is -2.28. The van der Waals surface area contributed by atoms with Crippen LogP contribution >= 0.6 is 0 Å². The maximum Gasteiger partial charge on any atom is 0.0908 e. The second kappa shape index (κ2) is 13.6. The standard InChI is InChI=1S/C26H39N/c1-2-3-4-5-7-10-23-12-16-25(17-13-23)20-21-26-18-14-24(15-19-26)11-8-6-9-22-27/h6,9,12-13,16-17,24,26H,2-5,7-8,10-11,14-15,18-21H2,1H3. The molecule has 0 spiro atoms. The summed E-state index contributed by atoms with van der Waals surface area (Å²) >= 11 is 0. The van der Waals surface area contributed by atoms with Gasteiger partial charge in [-0.2, -0.15) is 5.26 Å². The molecule has 0 radical (unpaired) electrons. The smallest absolute Gasteiger partial charge is 0.0908 e. The molecule has 0 heterocycles. The minimum atomic E-state index is 0.890. The molecule has 1 nitrogen and oxygen atoms in total. The lowest BCUT2D eigenvalue weighted by Crippen LogP contribution is -2.15. The van der Waals surface area contributed by atoms with Crippen molar-refractivity contribution in [2.45, 2.75) is 96.8 Å². The molecule has 148 valence electrons. The number of aryl methyl sites for hydroxylation is 2. The molecule has 0 unspecified atom stereocenters. The van der Waals surface area contributed by atoms with E-state index in [9.17, 15) is 0 Å². The van der Waals surface area contributed by atoms with Crippen LogP contribution < -0.4 is 0 Å². The van der Waals surface area contributed by atoms with Gasteiger partial charge in [0.25, 0.3) is 0 Å². The first kappa shape index (κ1) is 21.7. The third-order valence-corrected chi connectivity index (χ3v) is 6.33. The summed E-state index contributed by atoms with van der Waals surface area (Å²) in [6.45, 7) is 2.28. The number of allylic oxidation sites excluding steroid dienone is 2. The third-order valence-electron chi connectivity index (χ3n) is 6.33. The van der Waals surface area contributed by atoms with E-state index in [1.54, 1.807) is 6.08 Å². The highest BCUT2D eigenvalue weighted by molar-refractivity contribution is 5.22. The van der Waals surface area contributed by atoms with Crippen molar-refractivity contribution in [1.82, 2.24) is 0 Å². The molecule has 0 saturated heterocycles. The lowest BCUT2D eigenvalue weighted by atomic mass is 9.78. The molecule has 1 aromatic rings. The van der Waals surface area contributed by atoms with Gasteiger partial charge in [-0.25, -0.2) is 0 Å². The molecule has 27 heavy (non-hydrogen) atoms. The Morgan fingerprint density at radius 2 is 1.44 bits per heavy atom. The Balaban J connectivity index is 1.59. The first-order valence-electron chi connectivity index (χ1n) is 11.4. The molecule has 2 rings (SSSR count). The summed E-state index contributed by atoms with van der Waals surface area (Å²) in [7, 11) is 0. The molecular weight excluding hydrogens is 326 g/mol. The van der Waals surface area contributed by atoms with Crippen molar-refractivity contribution in [3.05, 3.63) is 47.5 Å². The minimum absolute atomic E-state index is 0.890. The van der Waals surface area contributed by atoms with E-state index in [1.807, 2.05) is 6.08 Å². The van der Waals surface area contributed by atoms with Crippen LogP contribution in [0.3, 0.4) is 0 Å². The highest BCUT2D eigenvalue weighted by Gasteiger charge is 2.20. The van der Waals surface area contributed by atoms with Gasteiger partial charge in [0.1, 0.15) is 0 Å². The Hall–Kier alpha value is -1.55. The molecule has 1 fully saturated rings. The highest BCUT2D eigenvalue weighted by atomic mass is 14.3. The second-order valence-electron chi connectivity index (χ2n) is 8.51. The van der Waals surface area contributed by atoms with Crippen LogP contribution in [-0.2, 0) is 12.8 Å². The zero-order chi connectivity index (χ0) is 19.2. The van der Waals surface area contributed by atoms with Crippen LogP contribution in [0.15, 0.2) is 36.4 Å². The zero-order valence-corrected chi connectivity index (χ0v) is 17.5. The van der Waals surface area contributed by atoms with E-state index in [1.165, 1.54) is 94.6 Å². The Morgan fingerprint density at radius 1 is 0.852 bits per heavy atom. The molecule has 1 saturated carbocycles. The van der Waals surface area contributed by atoms with Gasteiger partial charge in [0, 0.05) is 6.08 Å². The number of nitriles is 1. The fourth-order valence-electron chi connectivity index (χ4n) is 4.45. The molecule has 1 aromatic carbocycles. The van der Waals surface area contributed by atoms with Crippen molar-refractivity contribution in [1.29, 1.82) is 5.26 Å². The SMILES string of the molecule is CCCCCCCc1ccc(CCC2CCC(CCC=CC#N)CC2)cc1. The first-order chi connectivity index (χ1) is 13.3. The topological polar surface area (TPSA) is 23.8 Å². The summed E-state index contributed by atoms with van der Waals surface area (Å²) in [5, 5.41) is 8.54. The van der Waals surface area contributed by atoms with Crippen molar-refractivity contribution in [3.63, 3.8) is 0 Å². The normalized spacial score (nSPS) is 20.0. The number of rotatable bonds is 12. The Labute approximate surface area is 167 Å². The maximum absolute atomic E-state index is 8.54. The van der Waals surface area contributed by atoms with Crippen LogP contribution in [0.4, 0.5) is 0 Å². The van der Waals surface area contributed by atoms with Crippen molar-refractivity contribution in [2.75, 3.05) is 0 Å². The average molecular weight is 366 g/mol. The minimum Gasteiger partial charge on any atom is -0.193 e. The van der Waals surface area contributed by atoms with Gasteiger partial charge in [-0.15, -0.1) is 0 Å². The summed E-state index contributed by atoms with van der Waals surface area (Å²) < 4.78 is 0. The van der Waals surface area contributed by atoms with E-state index in [2.05, 4.69) is 37.3 Å². The highest BCUT2D eigenvalue weighted by Crippen LogP contribution is 2.34. The summed E-state index contributed by atoms with van der Waals surface area (Å²) in [6, 6.07) is 11.5. The van der Waals surface area contributed by atoms with Gasteiger partial charge >= 0.3 is 0 Å². The summed E-state index contributed by atoms with van der Waals surface area (Å²) in [4.78, 5) is 0. The van der Waals surface area contributed by atoms with E-state index in [0.29, 0.717) is 0 Å². The van der Waals surface area contributed by atoms with Gasteiger partial charge in [-0.05, 0) is 61.5 Å². The second-order valence-corrected chi connectivity index (χ2v) is 8.51. The van der Waals surface area contributed by atoms with E-state index < -0.39 is 0 Å². The van der Waals surface area contributed by atoms with Crippen molar-refractivity contribution in [2.24, 2.45) is 11.8 Å². The fourth-order valence-corrected chi connectivity index (χ4v) is 4.45. The fraction of sp³-hybridized carbons (Fsp3) is 0.654. The van der Waals surface area contributed by atoms with Crippen LogP contribution in [-0.4, -0.2) is 0 Å². The number of hydrogen-bond acceptors (Lipinski definition) is 1. The largest absolute Gasteiger partial charge is 0.193 e. The van der Waals surface area contributed by atoms with Crippen molar-refractivity contribution in [3.8, 4) is 6.07 Å². The van der Waals surface area contributed by atoms with Gasteiger partial charge in [0.05, 0.1) is 6.07 Å². The predicted molar refractivity (Wildman–Crippen MR) is 117 cm³/mol. The number of hydrogen-bond donors (Lipinski definition) is 0. The molecule has 0 aliphatic heterocycles. The van der Waals surface area contributed by atoms with Gasteiger partial charge in [-0.1, -0.05) is 88.6 Å². The molecule has 1 aliphatic carbocycles. The van der Waals surface area contributed by atoms with Crippen molar-refractivity contribution < 1.29 is 0 Å². The lowest BCUT2D eigenvalue weighted by molar-refractivity contribution is 0.254. The Bertz CT molecular complexity index is 555. The average Bonchev–Trinajstić information content (AvgIpc) is 2.71. The van der Waals surface area contributed by atoms with Crippen LogP contribution in [0.1, 0.15) is 95.1 Å². The van der Waals surface area contributed by atoms with Gasteiger partial charge in [-0.3, -0.25) is 0 Å². The van der Waals surface area contributed by atoms with Gasteiger partial charge < -0.3 is 0 Å². The van der Waals surface area contributed by atoms with E-state index in [4.69, 9.17) is 5.26 Å². The van der Waals surface area contributed by atoms with Crippen molar-refractivity contribution >= 4 is 0 Å². The Morgan fingerprint density at radius 3 is 2.07 bits per heavy atom. The van der Waals surface area contributed by atoms with Crippen LogP contribution in [0.25, 0.3) is 0 Å². The Kier molecular flexibility index (Phi) is 10.9. The first-order valence-corrected chi connectivity index (χ1v) is 11.4. The van der Waals surface area contributed by atoms with E-state index in [-0.39, 0.29) is 0 Å². The third kappa shape index (κ3) is 9.28. The van der Waals surface area contributed by atoms with E-state index >= 15 is 0 Å². The number of unbranched alkanes of at least 4 members (excludes halogenated alkanes) is 4. The van der Waals surface area contributed by atoms with Crippen LogP contribution in [0.2, 0.25) is 0 Å². The predicted octanol–water partition coefficient (Wildman–Crippen LogP) is 7.80. The van der Waals surface area contributed by atoms with Crippen LogP contribution in [0.5, 0.6) is 0 Å². The maximum atomic E-state index is 8.54. The molecule has 0 amide bonds. The molecule has 0 atom stereocenters. The van der Waals surface area contributed by atoms with Gasteiger partial charge in [0.15, 0.2) is 0 Å². The molecule has 0 N–H and O–H groups in total. The van der Waals surface area contributed by atoms with Crippen LogP contribution in [0, 0.1) is 23.2 Å². The quantitative estimate of drug-likeness (QED) is 0.274. The molecule has 0 bridgehead atoms. The zero-order valence-electron chi connectivity index (χ0n) is 17.5. The monoisotopic (exact) mass is 365 g/mol. The molecule has 1 aliphatic rings. The number of nitrogens with zero attached hydrogens (tertiary/aromatic N) is 1. The summed E-state index contributed by atoms with van der Waals surface area (Å²) in [5.41, 5.74) is 3.04. The van der Waals surface area contributed by atoms with E-state index in [0.717, 1.165) is 18.3 Å². The van der Waals surface area contributed by atoms with Gasteiger partial charge in [0.2, 0.25) is 0 Å². The molecular formula is C26H39N. The molecule has 0 aromatic heterocycles. The summed E-state index contributed by atoms with van der Waals surface area (Å²) in [5.74, 6) is 1.82.